The first-order chi connectivity index (χ1) is 15.6. The van der Waals surface area contributed by atoms with Gasteiger partial charge in [-0.25, -0.2) is 0 Å². The Hall–Kier alpha value is -2.85. The van der Waals surface area contributed by atoms with E-state index in [1.807, 2.05) is 60.7 Å². The monoisotopic (exact) mass is 434 g/mol. The average molecular weight is 435 g/mol. The van der Waals surface area contributed by atoms with Crippen LogP contribution in [0.2, 0.25) is 0 Å². The molecular weight excluding hydrogens is 398 g/mol. The number of piperidine rings is 1. The Balaban J connectivity index is 1.70. The molecule has 0 bridgehead atoms. The molecule has 1 heterocycles. The highest BCUT2D eigenvalue weighted by Gasteiger charge is 2.27. The summed E-state index contributed by atoms with van der Waals surface area (Å²) in [4.78, 5) is 14.5. The van der Waals surface area contributed by atoms with Gasteiger partial charge in [-0.05, 0) is 60.4 Å². The molecule has 0 aliphatic carbocycles. The third kappa shape index (κ3) is 7.10. The zero-order valence-electron chi connectivity index (χ0n) is 19.7. The van der Waals surface area contributed by atoms with Gasteiger partial charge in [0.1, 0.15) is 24.6 Å². The SMILES string of the molecule is CCCCOc1ccc(/C=C2\C[NH+](C)C/C(=C\c3ccc(OCCCC)cc3)C2=O)cc1. The average Bonchev–Trinajstić information content (AvgIpc) is 2.79. The van der Waals surface area contributed by atoms with Crippen LogP contribution >= 0.6 is 0 Å². The fraction of sp³-hybridized carbons (Fsp3) is 0.393. The van der Waals surface area contributed by atoms with Gasteiger partial charge in [0, 0.05) is 0 Å². The molecule has 0 atom stereocenters. The molecule has 2 aromatic rings. The third-order valence-electron chi connectivity index (χ3n) is 5.54. The lowest BCUT2D eigenvalue weighted by Crippen LogP contribution is -3.10. The second kappa shape index (κ2) is 12.3. The van der Waals surface area contributed by atoms with Crippen LogP contribution in [0.4, 0.5) is 0 Å². The van der Waals surface area contributed by atoms with Crippen LogP contribution in [0.15, 0.2) is 59.7 Å². The summed E-state index contributed by atoms with van der Waals surface area (Å²) in [6.07, 6.45) is 8.38. The first kappa shape index (κ1) is 23.8. The number of ketones is 1. The van der Waals surface area contributed by atoms with Crippen LogP contribution in [-0.4, -0.2) is 39.1 Å². The van der Waals surface area contributed by atoms with E-state index in [1.165, 1.54) is 4.90 Å². The van der Waals surface area contributed by atoms with Crippen LogP contribution in [0.1, 0.15) is 50.7 Å². The maximum atomic E-state index is 13.2. The molecule has 0 spiro atoms. The number of carbonyl (C=O) groups excluding carboxylic acids is 1. The molecule has 3 rings (SSSR count). The minimum atomic E-state index is 0.141. The van der Waals surface area contributed by atoms with Crippen molar-refractivity contribution in [3.05, 3.63) is 70.8 Å². The van der Waals surface area contributed by atoms with Crippen LogP contribution in [0.3, 0.4) is 0 Å². The van der Waals surface area contributed by atoms with Gasteiger partial charge >= 0.3 is 0 Å². The Morgan fingerprint density at radius 3 is 1.53 bits per heavy atom. The number of Topliss-reactive ketones (excluding diaryl/α,β-unsaturated/α-hetero) is 1. The van der Waals surface area contributed by atoms with Crippen molar-refractivity contribution in [2.75, 3.05) is 33.4 Å². The zero-order valence-corrected chi connectivity index (χ0v) is 19.7. The second-order valence-corrected chi connectivity index (χ2v) is 8.52. The molecule has 1 aliphatic rings. The van der Waals surface area contributed by atoms with Crippen LogP contribution < -0.4 is 14.4 Å². The van der Waals surface area contributed by atoms with Crippen LogP contribution in [0, 0.1) is 0 Å². The van der Waals surface area contributed by atoms with Crippen LogP contribution in [0.25, 0.3) is 12.2 Å². The van der Waals surface area contributed by atoms with Crippen molar-refractivity contribution in [1.82, 2.24) is 0 Å². The van der Waals surface area contributed by atoms with Crippen molar-refractivity contribution in [2.45, 2.75) is 39.5 Å². The van der Waals surface area contributed by atoms with Gasteiger partial charge in [0.25, 0.3) is 0 Å². The largest absolute Gasteiger partial charge is 0.494 e. The summed E-state index contributed by atoms with van der Waals surface area (Å²) in [6.45, 7) is 7.25. The van der Waals surface area contributed by atoms with E-state index < -0.39 is 0 Å². The smallest absolute Gasteiger partial charge is 0.196 e. The fourth-order valence-corrected chi connectivity index (χ4v) is 3.70. The van der Waals surface area contributed by atoms with Crippen molar-refractivity contribution in [1.29, 1.82) is 0 Å². The molecule has 1 saturated heterocycles. The van der Waals surface area contributed by atoms with Gasteiger partial charge in [0.2, 0.25) is 0 Å². The molecule has 0 aromatic heterocycles. The number of carbonyl (C=O) groups is 1. The van der Waals surface area contributed by atoms with Crippen molar-refractivity contribution >= 4 is 17.9 Å². The molecule has 1 N–H and O–H groups in total. The van der Waals surface area contributed by atoms with E-state index in [9.17, 15) is 4.79 Å². The summed E-state index contributed by atoms with van der Waals surface area (Å²) in [5.74, 6) is 1.89. The zero-order chi connectivity index (χ0) is 22.8. The molecule has 0 amide bonds. The van der Waals surface area contributed by atoms with Gasteiger partial charge < -0.3 is 14.4 Å². The van der Waals surface area contributed by atoms with Crippen molar-refractivity contribution in [3.63, 3.8) is 0 Å². The first-order valence-electron chi connectivity index (χ1n) is 11.8. The molecule has 0 saturated carbocycles. The first-order valence-corrected chi connectivity index (χ1v) is 11.8. The lowest BCUT2D eigenvalue weighted by Gasteiger charge is -2.23. The Morgan fingerprint density at radius 2 is 1.16 bits per heavy atom. The number of likely N-dealkylation sites (N-methyl/N-ethyl adjacent to an activating group) is 1. The number of nitrogens with one attached hydrogen (secondary N) is 1. The quantitative estimate of drug-likeness (QED) is 0.439. The Labute approximate surface area is 192 Å². The molecule has 0 unspecified atom stereocenters. The van der Waals surface area contributed by atoms with E-state index in [0.717, 1.165) is 85.8 Å². The predicted octanol–water partition coefficient (Wildman–Crippen LogP) is 4.61. The topological polar surface area (TPSA) is 40.0 Å². The maximum absolute atomic E-state index is 13.2. The lowest BCUT2D eigenvalue weighted by molar-refractivity contribution is -0.870. The summed E-state index contributed by atoms with van der Waals surface area (Å²) in [7, 11) is 2.13. The molecule has 1 fully saturated rings. The number of ether oxygens (including phenoxy) is 2. The number of benzene rings is 2. The summed E-state index contributed by atoms with van der Waals surface area (Å²) in [6, 6.07) is 16.0. The molecule has 1 aliphatic heterocycles. The van der Waals surface area contributed by atoms with E-state index in [0.29, 0.717) is 0 Å². The number of likely N-dealkylation sites (tertiary alicyclic amines) is 1. The summed E-state index contributed by atoms with van der Waals surface area (Å²) < 4.78 is 11.5. The van der Waals surface area contributed by atoms with Gasteiger partial charge in [-0.3, -0.25) is 4.79 Å². The number of quaternary nitrogens is 1. The summed E-state index contributed by atoms with van der Waals surface area (Å²) >= 11 is 0. The van der Waals surface area contributed by atoms with Gasteiger partial charge in [-0.1, -0.05) is 51.0 Å². The Morgan fingerprint density at radius 1 is 0.750 bits per heavy atom. The van der Waals surface area contributed by atoms with Gasteiger partial charge in [-0.15, -0.1) is 0 Å². The number of hydrogen-bond donors (Lipinski definition) is 1. The summed E-state index contributed by atoms with van der Waals surface area (Å²) in [5.41, 5.74) is 3.75. The Kier molecular flexibility index (Phi) is 9.12. The highest BCUT2D eigenvalue weighted by atomic mass is 16.5. The Bertz CT molecular complexity index is 851. The van der Waals surface area contributed by atoms with Crippen LogP contribution in [-0.2, 0) is 4.79 Å². The van der Waals surface area contributed by atoms with Crippen LogP contribution in [0.5, 0.6) is 11.5 Å². The molecule has 170 valence electrons. The van der Waals surface area contributed by atoms with Crippen molar-refractivity contribution in [3.8, 4) is 11.5 Å². The fourth-order valence-electron chi connectivity index (χ4n) is 3.70. The maximum Gasteiger partial charge on any atom is 0.196 e. The second-order valence-electron chi connectivity index (χ2n) is 8.52. The van der Waals surface area contributed by atoms with E-state index in [4.69, 9.17) is 9.47 Å². The number of unbranched alkanes of at least 4 members (excludes halogenated alkanes) is 2. The molecule has 0 radical (unpaired) electrons. The lowest BCUT2D eigenvalue weighted by atomic mass is 9.94. The van der Waals surface area contributed by atoms with Gasteiger partial charge in [-0.2, -0.15) is 0 Å². The third-order valence-corrected chi connectivity index (χ3v) is 5.54. The molecule has 4 nitrogen and oxygen atoms in total. The minimum absolute atomic E-state index is 0.141. The molecular formula is C28H36NO3+. The molecule has 32 heavy (non-hydrogen) atoms. The molecule has 2 aromatic carbocycles. The highest BCUT2D eigenvalue weighted by molar-refractivity contribution is 6.14. The van der Waals surface area contributed by atoms with Crippen molar-refractivity contribution < 1.29 is 19.2 Å². The van der Waals surface area contributed by atoms with Gasteiger partial charge in [0.05, 0.1) is 31.4 Å². The minimum Gasteiger partial charge on any atom is -0.494 e. The molecule has 4 heteroatoms. The van der Waals surface area contributed by atoms with E-state index >= 15 is 0 Å². The highest BCUT2D eigenvalue weighted by Crippen LogP contribution is 2.20. The van der Waals surface area contributed by atoms with Gasteiger partial charge in [0.15, 0.2) is 5.78 Å². The predicted molar refractivity (Wildman–Crippen MR) is 131 cm³/mol. The normalized spacial score (nSPS) is 18.8. The van der Waals surface area contributed by atoms with E-state index in [-0.39, 0.29) is 5.78 Å². The standard InChI is InChI=1S/C28H35NO3/c1-4-6-16-31-26-12-8-22(9-13-26)18-24-20-29(3)21-25(28(24)30)19-23-10-14-27(15-11-23)32-17-7-5-2/h8-15,18-19H,4-7,16-17,20-21H2,1-3H3/p+1/b24-18+,25-19+. The number of rotatable bonds is 10. The number of hydrogen-bond acceptors (Lipinski definition) is 3. The van der Waals surface area contributed by atoms with E-state index in [1.54, 1.807) is 0 Å². The van der Waals surface area contributed by atoms with Crippen molar-refractivity contribution in [2.24, 2.45) is 0 Å². The van der Waals surface area contributed by atoms with E-state index in [2.05, 4.69) is 20.9 Å². The summed E-state index contributed by atoms with van der Waals surface area (Å²) in [5, 5.41) is 0.